The number of hydrogen-bond acceptors (Lipinski definition) is 3. The average Bonchev–Trinajstić information content (AvgIpc) is 2.90. The van der Waals surface area contributed by atoms with Crippen LogP contribution in [-0.4, -0.2) is 20.7 Å². The number of aromatic nitrogens is 2. The molecule has 0 radical (unpaired) electrons. The van der Waals surface area contributed by atoms with Crippen LogP contribution in [0.4, 0.5) is 5.69 Å². The minimum atomic E-state index is 0.0868. The van der Waals surface area contributed by atoms with Crippen LogP contribution in [0.5, 0.6) is 0 Å². The van der Waals surface area contributed by atoms with E-state index in [-0.39, 0.29) is 5.11 Å². The highest BCUT2D eigenvalue weighted by atomic mass is 35.5. The largest absolute Gasteiger partial charge is 0.375 e. The fourth-order valence-electron chi connectivity index (χ4n) is 2.62. The highest BCUT2D eigenvalue weighted by Crippen LogP contribution is 2.17. The number of rotatable bonds is 4. The Kier molecular flexibility index (Phi) is 5.73. The fraction of sp³-hybridized carbons (Fsp3) is 0.105. The second-order valence-electron chi connectivity index (χ2n) is 5.83. The lowest BCUT2D eigenvalue weighted by molar-refractivity contribution is 0.617. The second-order valence-corrected chi connectivity index (χ2v) is 6.70. The maximum atomic E-state index is 5.94. The summed E-state index contributed by atoms with van der Waals surface area (Å²) in [6.07, 6.45) is 1.77. The zero-order chi connectivity index (χ0) is 19.4. The molecule has 0 saturated carbocycles. The van der Waals surface area contributed by atoms with Crippen molar-refractivity contribution in [3.05, 3.63) is 76.4 Å². The summed E-state index contributed by atoms with van der Waals surface area (Å²) in [5.41, 5.74) is 12.3. The molecule has 0 saturated heterocycles. The van der Waals surface area contributed by atoms with Crippen LogP contribution in [0.3, 0.4) is 0 Å². The van der Waals surface area contributed by atoms with E-state index >= 15 is 0 Å². The van der Waals surface area contributed by atoms with E-state index in [0.717, 1.165) is 16.9 Å². The van der Waals surface area contributed by atoms with Gasteiger partial charge in [0.25, 0.3) is 0 Å². The lowest BCUT2D eigenvalue weighted by Gasteiger charge is -2.09. The van der Waals surface area contributed by atoms with E-state index in [0.29, 0.717) is 16.2 Å². The van der Waals surface area contributed by atoms with Gasteiger partial charge in [-0.1, -0.05) is 41.9 Å². The number of nitrogens with zero attached hydrogens (tertiary/aromatic N) is 4. The minimum absolute atomic E-state index is 0.0868. The highest BCUT2D eigenvalue weighted by Gasteiger charge is 2.14. The molecule has 3 aromatic rings. The lowest BCUT2D eigenvalue weighted by atomic mass is 10.2. The second kappa shape index (κ2) is 8.20. The summed E-state index contributed by atoms with van der Waals surface area (Å²) in [5.74, 6) is 0. The first-order valence-corrected chi connectivity index (χ1v) is 8.99. The number of nitrogens with two attached hydrogens (primary N) is 1. The van der Waals surface area contributed by atoms with Gasteiger partial charge in [0, 0.05) is 18.3 Å². The van der Waals surface area contributed by atoms with E-state index in [1.54, 1.807) is 6.21 Å². The van der Waals surface area contributed by atoms with Crippen molar-refractivity contribution in [2.75, 3.05) is 0 Å². The summed E-state index contributed by atoms with van der Waals surface area (Å²) in [7, 11) is 1.95. The zero-order valence-electron chi connectivity index (χ0n) is 14.9. The van der Waals surface area contributed by atoms with Gasteiger partial charge in [-0.3, -0.25) is 15.1 Å². The molecule has 0 bridgehead atoms. The van der Waals surface area contributed by atoms with Crippen molar-refractivity contribution in [3.8, 4) is 5.69 Å². The third-order valence-corrected chi connectivity index (χ3v) is 4.37. The van der Waals surface area contributed by atoms with Gasteiger partial charge in [-0.05, 0) is 49.0 Å². The van der Waals surface area contributed by atoms with Crippen LogP contribution in [0, 0.1) is 6.92 Å². The van der Waals surface area contributed by atoms with E-state index in [2.05, 4.69) is 15.5 Å². The summed E-state index contributed by atoms with van der Waals surface area (Å²) >= 11 is 10.8. The van der Waals surface area contributed by atoms with E-state index in [9.17, 15) is 0 Å². The smallest absolute Gasteiger partial charge is 0.200 e. The third-order valence-electron chi connectivity index (χ3n) is 4.03. The van der Waals surface area contributed by atoms with Gasteiger partial charge < -0.3 is 5.73 Å². The number of para-hydroxylation sites is 1. The summed E-state index contributed by atoms with van der Waals surface area (Å²) in [4.78, 5) is 4.66. The molecule has 0 spiro atoms. The van der Waals surface area contributed by atoms with Crippen LogP contribution in [0.15, 0.2) is 64.7 Å². The number of benzene rings is 2. The number of hydrogen-bond donors (Lipinski definition) is 2. The van der Waals surface area contributed by atoms with Crippen molar-refractivity contribution < 1.29 is 0 Å². The Morgan fingerprint density at radius 2 is 1.81 bits per heavy atom. The van der Waals surface area contributed by atoms with Gasteiger partial charge in [-0.2, -0.15) is 5.10 Å². The molecule has 138 valence electrons. The lowest BCUT2D eigenvalue weighted by Crippen LogP contribution is -2.30. The van der Waals surface area contributed by atoms with Crippen molar-refractivity contribution in [2.24, 2.45) is 22.9 Å². The van der Waals surface area contributed by atoms with Crippen LogP contribution in [0.2, 0.25) is 5.02 Å². The molecule has 3 N–H and O–H groups in total. The Morgan fingerprint density at radius 1 is 1.15 bits per heavy atom. The predicted octanol–water partition coefficient (Wildman–Crippen LogP) is 3.18. The number of nitrogens with one attached hydrogen (secondary N) is 1. The van der Waals surface area contributed by atoms with Gasteiger partial charge in [0.2, 0.25) is 0 Å². The summed E-state index contributed by atoms with van der Waals surface area (Å²) in [5, 5.41) is 5.15. The maximum Gasteiger partial charge on any atom is 0.200 e. The Morgan fingerprint density at radius 3 is 2.44 bits per heavy atom. The Hall–Kier alpha value is -2.90. The van der Waals surface area contributed by atoms with Crippen molar-refractivity contribution in [1.29, 1.82) is 0 Å². The van der Waals surface area contributed by atoms with Crippen LogP contribution in [0.1, 0.15) is 11.3 Å². The zero-order valence-corrected chi connectivity index (χ0v) is 16.5. The van der Waals surface area contributed by atoms with Gasteiger partial charge in [0.15, 0.2) is 10.6 Å². The molecule has 0 aliphatic rings. The molecule has 6 nitrogen and oxygen atoms in total. The van der Waals surface area contributed by atoms with E-state index < -0.39 is 0 Å². The first kappa shape index (κ1) is 18.9. The third kappa shape index (κ3) is 4.27. The van der Waals surface area contributed by atoms with Crippen molar-refractivity contribution >= 4 is 40.8 Å². The quantitative estimate of drug-likeness (QED) is 0.402. The molecule has 0 atom stereocenters. The Labute approximate surface area is 167 Å². The number of aliphatic imine (C=N–C) groups is 1. The topological polar surface area (TPSA) is 72.6 Å². The van der Waals surface area contributed by atoms with Crippen LogP contribution >= 0.6 is 23.8 Å². The molecule has 0 fully saturated rings. The SMILES string of the molecule is Cc1c(N=Cc2ccc(Cl)cc2)/c(=N/NC(N)=S)n(-c2ccccc2)n1C. The molecular formula is C19H19ClN6S. The molecule has 8 heteroatoms. The molecule has 27 heavy (non-hydrogen) atoms. The van der Waals surface area contributed by atoms with Crippen molar-refractivity contribution in [1.82, 2.24) is 14.8 Å². The molecule has 0 aliphatic heterocycles. The fourth-order valence-corrected chi connectivity index (χ4v) is 2.79. The molecule has 3 rings (SSSR count). The Bertz CT molecular complexity index is 1050. The van der Waals surface area contributed by atoms with Gasteiger partial charge in [-0.25, -0.2) is 4.68 Å². The van der Waals surface area contributed by atoms with E-state index in [1.807, 2.05) is 77.9 Å². The van der Waals surface area contributed by atoms with Gasteiger partial charge in [0.1, 0.15) is 5.69 Å². The monoisotopic (exact) mass is 398 g/mol. The molecule has 0 amide bonds. The first-order valence-electron chi connectivity index (χ1n) is 8.20. The molecule has 0 unspecified atom stereocenters. The van der Waals surface area contributed by atoms with Crippen LogP contribution < -0.4 is 16.6 Å². The summed E-state index contributed by atoms with van der Waals surface area (Å²) < 4.78 is 3.92. The van der Waals surface area contributed by atoms with Crippen LogP contribution in [0.25, 0.3) is 5.69 Å². The van der Waals surface area contributed by atoms with E-state index in [1.165, 1.54) is 0 Å². The van der Waals surface area contributed by atoms with Crippen LogP contribution in [-0.2, 0) is 7.05 Å². The van der Waals surface area contributed by atoms with E-state index in [4.69, 9.17) is 29.6 Å². The molecule has 2 aromatic carbocycles. The molecule has 1 heterocycles. The molecular weight excluding hydrogens is 380 g/mol. The van der Waals surface area contributed by atoms with Gasteiger partial charge in [0.05, 0.1) is 11.4 Å². The number of halogens is 1. The molecule has 0 aliphatic carbocycles. The van der Waals surface area contributed by atoms with Crippen molar-refractivity contribution in [2.45, 2.75) is 6.92 Å². The van der Waals surface area contributed by atoms with Crippen molar-refractivity contribution in [3.63, 3.8) is 0 Å². The van der Waals surface area contributed by atoms with Gasteiger partial charge >= 0.3 is 0 Å². The normalized spacial score (nSPS) is 11.9. The summed E-state index contributed by atoms with van der Waals surface area (Å²) in [6.45, 7) is 1.98. The number of thiocarbonyl (C=S) groups is 1. The molecule has 1 aromatic heterocycles. The average molecular weight is 399 g/mol. The standard InChI is InChI=1S/C19H19ClN6S/c1-13-17(22-12-14-8-10-15(20)11-9-14)18(23-24-19(21)27)26(25(13)2)16-6-4-3-5-7-16/h3-12H,1-2H3,(H3,21,24,27)/b22-12?,23-18-. The summed E-state index contributed by atoms with van der Waals surface area (Å²) in [6, 6.07) is 17.3. The minimum Gasteiger partial charge on any atom is -0.375 e. The van der Waals surface area contributed by atoms with Gasteiger partial charge in [-0.15, -0.1) is 0 Å². The highest BCUT2D eigenvalue weighted by molar-refractivity contribution is 7.80. The maximum absolute atomic E-state index is 5.94. The first-order chi connectivity index (χ1) is 13.0. The predicted molar refractivity (Wildman–Crippen MR) is 114 cm³/mol. The Balaban J connectivity index is 2.16.